The average Bonchev–Trinajstić information content (AvgIpc) is 2.86. The number of alkyl carbamates (subject to hydrolysis) is 1. The molecule has 0 fully saturated rings. The van der Waals surface area contributed by atoms with E-state index < -0.39 is 36.3 Å². The highest BCUT2D eigenvalue weighted by molar-refractivity contribution is 5.92. The molecule has 3 unspecified atom stereocenters. The van der Waals surface area contributed by atoms with Crippen LogP contribution in [0.3, 0.4) is 0 Å². The fourth-order valence-corrected chi connectivity index (χ4v) is 4.29. The van der Waals surface area contributed by atoms with Gasteiger partial charge in [-0.1, -0.05) is 74.0 Å². The van der Waals surface area contributed by atoms with Crippen molar-refractivity contribution in [2.45, 2.75) is 91.6 Å². The first-order valence-corrected chi connectivity index (χ1v) is 13.6. The number of rotatable bonds is 12. The molecule has 2 aromatic carbocycles. The summed E-state index contributed by atoms with van der Waals surface area (Å²) in [4.78, 5) is 41.9. The predicted molar refractivity (Wildman–Crippen MR) is 153 cm³/mol. The Morgan fingerprint density at radius 1 is 0.974 bits per heavy atom. The van der Waals surface area contributed by atoms with Crippen molar-refractivity contribution in [3.63, 3.8) is 0 Å². The first-order valence-electron chi connectivity index (χ1n) is 13.6. The molecular weight excluding hydrogens is 494 g/mol. The van der Waals surface area contributed by atoms with Crippen LogP contribution in [-0.4, -0.2) is 52.2 Å². The fourth-order valence-electron chi connectivity index (χ4n) is 4.29. The zero-order valence-electron chi connectivity index (χ0n) is 24.4. The molecule has 0 aliphatic rings. The minimum Gasteiger partial charge on any atom is -0.444 e. The largest absolute Gasteiger partial charge is 0.444 e. The number of amides is 3. The van der Waals surface area contributed by atoms with E-state index in [2.05, 4.69) is 24.5 Å². The molecule has 3 N–H and O–H groups in total. The number of nitrogens with zero attached hydrogens (tertiary/aromatic N) is 1. The van der Waals surface area contributed by atoms with Crippen molar-refractivity contribution < 1.29 is 24.2 Å². The fraction of sp³-hybridized carbons (Fsp3) is 0.516. The molecule has 0 aromatic heterocycles. The monoisotopic (exact) mass is 539 g/mol. The molecule has 8 heteroatoms. The van der Waals surface area contributed by atoms with Gasteiger partial charge in [-0.15, -0.1) is 0 Å². The van der Waals surface area contributed by atoms with E-state index in [1.54, 1.807) is 20.8 Å². The van der Waals surface area contributed by atoms with Crippen molar-refractivity contribution >= 4 is 17.9 Å². The number of benzene rings is 2. The summed E-state index contributed by atoms with van der Waals surface area (Å²) in [6, 6.07) is 14.4. The zero-order chi connectivity index (χ0) is 29.2. The van der Waals surface area contributed by atoms with Gasteiger partial charge in [-0.05, 0) is 64.5 Å². The number of nitrogens with one attached hydrogen (secondary N) is 2. The van der Waals surface area contributed by atoms with E-state index in [4.69, 9.17) is 4.74 Å². The van der Waals surface area contributed by atoms with E-state index in [9.17, 15) is 19.5 Å². The highest BCUT2D eigenvalue weighted by atomic mass is 16.6. The Morgan fingerprint density at radius 2 is 1.64 bits per heavy atom. The van der Waals surface area contributed by atoms with Crippen molar-refractivity contribution in [3.8, 4) is 0 Å². The Hall–Kier alpha value is -3.39. The summed E-state index contributed by atoms with van der Waals surface area (Å²) < 4.78 is 5.32. The smallest absolute Gasteiger partial charge is 0.408 e. The first kappa shape index (κ1) is 31.8. The Morgan fingerprint density at radius 3 is 2.21 bits per heavy atom. The molecule has 214 valence electrons. The second kappa shape index (κ2) is 14.7. The molecule has 3 amide bonds. The lowest BCUT2D eigenvalue weighted by molar-refractivity contribution is -0.146. The maximum atomic E-state index is 14.1. The Labute approximate surface area is 233 Å². The number of hydrogen-bond donors (Lipinski definition) is 3. The lowest BCUT2D eigenvalue weighted by Crippen LogP contribution is -2.56. The lowest BCUT2D eigenvalue weighted by Gasteiger charge is -2.38. The Balaban J connectivity index is 2.49. The summed E-state index contributed by atoms with van der Waals surface area (Å²) in [7, 11) is 0. The molecule has 2 aromatic rings. The highest BCUT2D eigenvalue weighted by Gasteiger charge is 2.38. The van der Waals surface area contributed by atoms with E-state index >= 15 is 0 Å². The molecule has 0 bridgehead atoms. The van der Waals surface area contributed by atoms with Crippen LogP contribution < -0.4 is 10.6 Å². The van der Waals surface area contributed by atoms with Crippen molar-refractivity contribution in [2.75, 3.05) is 6.61 Å². The maximum Gasteiger partial charge on any atom is 0.408 e. The van der Waals surface area contributed by atoms with Crippen LogP contribution in [-0.2, 0) is 20.9 Å². The van der Waals surface area contributed by atoms with Crippen LogP contribution in [0.2, 0.25) is 0 Å². The van der Waals surface area contributed by atoms with Gasteiger partial charge in [0.1, 0.15) is 17.7 Å². The van der Waals surface area contributed by atoms with Crippen molar-refractivity contribution in [3.05, 3.63) is 71.3 Å². The first-order chi connectivity index (χ1) is 18.3. The van der Waals surface area contributed by atoms with E-state index in [0.29, 0.717) is 24.4 Å². The minimum atomic E-state index is -1.28. The number of carbonyl (C=O) groups excluding carboxylic acids is 3. The molecule has 0 heterocycles. The van der Waals surface area contributed by atoms with Crippen molar-refractivity contribution in [2.24, 2.45) is 5.92 Å². The summed E-state index contributed by atoms with van der Waals surface area (Å²) in [5.41, 5.74) is 1.75. The van der Waals surface area contributed by atoms with Gasteiger partial charge in [0.05, 0.1) is 6.61 Å². The van der Waals surface area contributed by atoms with E-state index in [1.807, 2.05) is 68.4 Å². The molecule has 3 atom stereocenters. The SMILES string of the molecule is Cc1cccc(C(C(=O)NCc2ccccc2)N(C(=O)C(CO)NC(=O)OC(C)(C)C)C(C)CCC(C)C)c1. The molecule has 0 aliphatic heterocycles. The quantitative estimate of drug-likeness (QED) is 0.356. The van der Waals surface area contributed by atoms with Crippen LogP contribution in [0.5, 0.6) is 0 Å². The molecule has 0 aliphatic carbocycles. The number of aliphatic hydroxyl groups is 1. The van der Waals surface area contributed by atoms with Crippen LogP contribution in [0.1, 0.15) is 77.1 Å². The van der Waals surface area contributed by atoms with Gasteiger partial charge in [0.15, 0.2) is 0 Å². The number of ether oxygens (including phenoxy) is 1. The Bertz CT molecular complexity index is 1080. The van der Waals surface area contributed by atoms with E-state index in [0.717, 1.165) is 17.5 Å². The molecule has 0 saturated carbocycles. The van der Waals surface area contributed by atoms with E-state index in [-0.39, 0.29) is 11.9 Å². The summed E-state index contributed by atoms with van der Waals surface area (Å²) in [6.45, 7) is 12.8. The predicted octanol–water partition coefficient (Wildman–Crippen LogP) is 4.89. The number of aryl methyl sites for hydroxylation is 1. The minimum absolute atomic E-state index is 0.296. The van der Waals surface area contributed by atoms with Gasteiger partial charge >= 0.3 is 6.09 Å². The lowest BCUT2D eigenvalue weighted by atomic mass is 9.96. The van der Waals surface area contributed by atoms with E-state index in [1.165, 1.54) is 4.90 Å². The van der Waals surface area contributed by atoms with Crippen LogP contribution in [0, 0.1) is 12.8 Å². The third-order valence-electron chi connectivity index (χ3n) is 6.26. The molecule has 8 nitrogen and oxygen atoms in total. The molecular formula is C31H45N3O5. The third kappa shape index (κ3) is 10.4. The topological polar surface area (TPSA) is 108 Å². The second-order valence-electron chi connectivity index (χ2n) is 11.5. The molecule has 0 spiro atoms. The normalized spacial score (nSPS) is 13.8. The molecule has 0 saturated heterocycles. The Kier molecular flexibility index (Phi) is 12.0. The van der Waals surface area contributed by atoms with Crippen molar-refractivity contribution in [1.29, 1.82) is 0 Å². The van der Waals surface area contributed by atoms with Gasteiger partial charge in [-0.2, -0.15) is 0 Å². The molecule has 39 heavy (non-hydrogen) atoms. The number of aliphatic hydroxyl groups excluding tert-OH is 1. The molecule has 0 radical (unpaired) electrons. The zero-order valence-corrected chi connectivity index (χ0v) is 24.4. The van der Waals surface area contributed by atoms with Gasteiger partial charge in [-0.25, -0.2) is 4.79 Å². The average molecular weight is 540 g/mol. The number of carbonyl (C=O) groups is 3. The van der Waals surface area contributed by atoms with Crippen LogP contribution in [0.25, 0.3) is 0 Å². The van der Waals surface area contributed by atoms with Crippen LogP contribution >= 0.6 is 0 Å². The summed E-state index contributed by atoms with van der Waals surface area (Å²) >= 11 is 0. The van der Waals surface area contributed by atoms with Crippen LogP contribution in [0.15, 0.2) is 54.6 Å². The number of hydrogen-bond acceptors (Lipinski definition) is 5. The van der Waals surface area contributed by atoms with Crippen LogP contribution in [0.4, 0.5) is 4.79 Å². The summed E-state index contributed by atoms with van der Waals surface area (Å²) in [5.74, 6) is -0.508. The van der Waals surface area contributed by atoms with Gasteiger partial charge in [-0.3, -0.25) is 9.59 Å². The summed E-state index contributed by atoms with van der Waals surface area (Å²) in [6.07, 6.45) is 0.660. The second-order valence-corrected chi connectivity index (χ2v) is 11.5. The molecule has 2 rings (SSSR count). The van der Waals surface area contributed by atoms with Gasteiger partial charge in [0, 0.05) is 12.6 Å². The van der Waals surface area contributed by atoms with Gasteiger partial charge in [0.25, 0.3) is 0 Å². The maximum absolute atomic E-state index is 14.1. The van der Waals surface area contributed by atoms with Crippen molar-refractivity contribution in [1.82, 2.24) is 15.5 Å². The third-order valence-corrected chi connectivity index (χ3v) is 6.26. The summed E-state index contributed by atoms with van der Waals surface area (Å²) in [5, 5.41) is 15.7. The van der Waals surface area contributed by atoms with Gasteiger partial charge < -0.3 is 25.4 Å². The van der Waals surface area contributed by atoms with Gasteiger partial charge in [0.2, 0.25) is 11.8 Å². The standard InChI is InChI=1S/C31H45N3O5/c1-21(2)16-17-23(4)34(29(37)26(20-35)33-30(38)39-31(5,6)7)27(25-15-11-12-22(3)18-25)28(36)32-19-24-13-9-8-10-14-24/h8-15,18,21,23,26-27,35H,16-17,19-20H2,1-7H3,(H,32,36)(H,33,38). The highest BCUT2D eigenvalue weighted by Crippen LogP contribution is 2.28.